The van der Waals surface area contributed by atoms with E-state index in [0.29, 0.717) is 11.1 Å². The van der Waals surface area contributed by atoms with Crippen molar-refractivity contribution >= 4 is 35.2 Å². The van der Waals surface area contributed by atoms with Crippen molar-refractivity contribution in [1.29, 1.82) is 0 Å². The van der Waals surface area contributed by atoms with Gasteiger partial charge < -0.3 is 15.5 Å². The van der Waals surface area contributed by atoms with E-state index in [0.717, 1.165) is 22.7 Å². The minimum atomic E-state index is 0.206. The van der Waals surface area contributed by atoms with Gasteiger partial charge >= 0.3 is 0 Å². The second-order valence-corrected chi connectivity index (χ2v) is 6.85. The molecule has 0 saturated carbocycles. The van der Waals surface area contributed by atoms with Crippen LogP contribution >= 0.6 is 0 Å². The van der Waals surface area contributed by atoms with E-state index >= 15 is 0 Å². The number of phenolic OH excluding ortho intramolecular Hbond substituents is 2. The van der Waals surface area contributed by atoms with Gasteiger partial charge in [0.15, 0.2) is 0 Å². The Morgan fingerprint density at radius 3 is 1.29 bits per heavy atom. The lowest BCUT2D eigenvalue weighted by atomic mass is 10.2. The van der Waals surface area contributed by atoms with Crippen LogP contribution in [-0.2, 0) is 0 Å². The molecule has 0 aliphatic carbocycles. The van der Waals surface area contributed by atoms with Gasteiger partial charge in [0, 0.05) is 34.9 Å². The summed E-state index contributed by atoms with van der Waals surface area (Å²) in [6.07, 6.45) is 3.29. The molecule has 4 aromatic rings. The molecule has 0 amide bonds. The second kappa shape index (κ2) is 9.41. The maximum atomic E-state index is 9.80. The molecule has 0 aliphatic heterocycles. The topological polar surface area (TPSA) is 77.2 Å². The fourth-order valence-electron chi connectivity index (χ4n) is 2.91. The number of hydrogen-bond donors (Lipinski definition) is 3. The Morgan fingerprint density at radius 1 is 0.516 bits per heavy atom. The molecule has 0 bridgehead atoms. The molecule has 0 spiro atoms. The zero-order valence-electron chi connectivity index (χ0n) is 16.7. The smallest absolute Gasteiger partial charge is 0.124 e. The molecule has 5 heteroatoms. The first-order valence-corrected chi connectivity index (χ1v) is 9.79. The number of hydrogen-bond acceptors (Lipinski definition) is 5. The summed E-state index contributed by atoms with van der Waals surface area (Å²) < 4.78 is 0. The van der Waals surface area contributed by atoms with E-state index in [4.69, 9.17) is 0 Å². The first-order chi connectivity index (χ1) is 15.2. The monoisotopic (exact) mass is 407 g/mol. The molecule has 4 aromatic carbocycles. The fraction of sp³-hybridized carbons (Fsp3) is 0. The van der Waals surface area contributed by atoms with Gasteiger partial charge in [-0.3, -0.25) is 9.98 Å². The minimum absolute atomic E-state index is 0.206. The molecule has 0 unspecified atom stereocenters. The molecular weight excluding hydrogens is 386 g/mol. The number of nitrogens with one attached hydrogen (secondary N) is 1. The van der Waals surface area contributed by atoms with E-state index < -0.39 is 0 Å². The van der Waals surface area contributed by atoms with Gasteiger partial charge in [0.1, 0.15) is 11.5 Å². The van der Waals surface area contributed by atoms with Crippen LogP contribution in [0.3, 0.4) is 0 Å². The quantitative estimate of drug-likeness (QED) is 0.326. The van der Waals surface area contributed by atoms with Crippen LogP contribution in [0, 0.1) is 0 Å². The molecule has 0 fully saturated rings. The van der Waals surface area contributed by atoms with Gasteiger partial charge in [-0.25, -0.2) is 0 Å². The van der Waals surface area contributed by atoms with Crippen LogP contribution in [0.4, 0.5) is 22.7 Å². The first-order valence-electron chi connectivity index (χ1n) is 9.79. The third-order valence-corrected chi connectivity index (χ3v) is 4.60. The highest BCUT2D eigenvalue weighted by Crippen LogP contribution is 2.23. The Morgan fingerprint density at radius 2 is 0.903 bits per heavy atom. The van der Waals surface area contributed by atoms with Gasteiger partial charge in [-0.1, -0.05) is 24.3 Å². The summed E-state index contributed by atoms with van der Waals surface area (Å²) in [4.78, 5) is 8.80. The molecule has 4 rings (SSSR count). The highest BCUT2D eigenvalue weighted by atomic mass is 16.3. The maximum absolute atomic E-state index is 9.80. The van der Waals surface area contributed by atoms with Gasteiger partial charge in [-0.15, -0.1) is 0 Å². The van der Waals surface area contributed by atoms with Crippen LogP contribution in [0.2, 0.25) is 0 Å². The van der Waals surface area contributed by atoms with E-state index in [9.17, 15) is 10.2 Å². The van der Waals surface area contributed by atoms with Crippen molar-refractivity contribution in [2.75, 3.05) is 5.32 Å². The molecule has 152 valence electrons. The summed E-state index contributed by atoms with van der Waals surface area (Å²) in [6, 6.07) is 29.6. The highest BCUT2D eigenvalue weighted by Gasteiger charge is 1.99. The van der Waals surface area contributed by atoms with E-state index in [1.54, 1.807) is 36.7 Å². The van der Waals surface area contributed by atoms with E-state index in [1.165, 1.54) is 0 Å². The lowest BCUT2D eigenvalue weighted by Gasteiger charge is -2.07. The lowest BCUT2D eigenvalue weighted by Crippen LogP contribution is -1.89. The first kappa shape index (κ1) is 19.9. The second-order valence-electron chi connectivity index (χ2n) is 6.85. The number of aliphatic imine (C=N–C) groups is 2. The number of anilines is 2. The van der Waals surface area contributed by atoms with Crippen LogP contribution < -0.4 is 5.32 Å². The zero-order valence-corrected chi connectivity index (χ0v) is 16.7. The number of nitrogens with zero attached hydrogens (tertiary/aromatic N) is 2. The van der Waals surface area contributed by atoms with Crippen molar-refractivity contribution < 1.29 is 10.2 Å². The Labute approximate surface area is 180 Å². The Hall–Kier alpha value is -4.38. The Balaban J connectivity index is 1.38. The molecule has 0 aromatic heterocycles. The van der Waals surface area contributed by atoms with Gasteiger partial charge in [0.2, 0.25) is 0 Å². The van der Waals surface area contributed by atoms with Crippen LogP contribution in [0.15, 0.2) is 107 Å². The Kier molecular flexibility index (Phi) is 6.05. The summed E-state index contributed by atoms with van der Waals surface area (Å²) in [6.45, 7) is 0. The SMILES string of the molecule is Oc1ccccc1C=Nc1ccc(Nc2ccc(N=Cc3ccccc3O)cc2)cc1. The van der Waals surface area contributed by atoms with Crippen molar-refractivity contribution in [2.24, 2.45) is 9.98 Å². The largest absolute Gasteiger partial charge is 0.507 e. The van der Waals surface area contributed by atoms with Gasteiger partial charge in [0.25, 0.3) is 0 Å². The van der Waals surface area contributed by atoms with Crippen LogP contribution in [-0.4, -0.2) is 22.6 Å². The molecule has 3 N–H and O–H groups in total. The molecule has 0 aliphatic rings. The molecular formula is C26H21N3O2. The third kappa shape index (κ3) is 5.36. The number of aromatic hydroxyl groups is 2. The molecule has 5 nitrogen and oxygen atoms in total. The summed E-state index contributed by atoms with van der Waals surface area (Å²) in [5, 5.41) is 22.9. The molecule has 0 radical (unpaired) electrons. The average Bonchev–Trinajstić information content (AvgIpc) is 2.80. The fourth-order valence-corrected chi connectivity index (χ4v) is 2.91. The third-order valence-electron chi connectivity index (χ3n) is 4.60. The van der Waals surface area contributed by atoms with Gasteiger partial charge in [0.05, 0.1) is 11.4 Å². The molecule has 0 saturated heterocycles. The van der Waals surface area contributed by atoms with E-state index in [1.807, 2.05) is 72.8 Å². The summed E-state index contributed by atoms with van der Waals surface area (Å²) >= 11 is 0. The van der Waals surface area contributed by atoms with Gasteiger partial charge in [-0.2, -0.15) is 0 Å². The van der Waals surface area contributed by atoms with Crippen molar-refractivity contribution in [3.05, 3.63) is 108 Å². The number of phenols is 2. The zero-order chi connectivity index (χ0) is 21.5. The van der Waals surface area contributed by atoms with Crippen LogP contribution in [0.1, 0.15) is 11.1 Å². The number of benzene rings is 4. The number of para-hydroxylation sites is 2. The summed E-state index contributed by atoms with van der Waals surface area (Å²) in [5.41, 5.74) is 4.81. The van der Waals surface area contributed by atoms with Crippen LogP contribution in [0.5, 0.6) is 11.5 Å². The summed E-state index contributed by atoms with van der Waals surface area (Å²) in [7, 11) is 0. The molecule has 31 heavy (non-hydrogen) atoms. The van der Waals surface area contributed by atoms with Crippen molar-refractivity contribution in [2.45, 2.75) is 0 Å². The van der Waals surface area contributed by atoms with Crippen molar-refractivity contribution in [3.63, 3.8) is 0 Å². The minimum Gasteiger partial charge on any atom is -0.507 e. The normalized spacial score (nSPS) is 11.2. The van der Waals surface area contributed by atoms with Crippen molar-refractivity contribution in [1.82, 2.24) is 0 Å². The Bertz CT molecular complexity index is 1120. The van der Waals surface area contributed by atoms with E-state index in [2.05, 4.69) is 15.3 Å². The average molecular weight is 407 g/mol. The molecule has 0 heterocycles. The number of rotatable bonds is 6. The maximum Gasteiger partial charge on any atom is 0.124 e. The predicted molar refractivity (Wildman–Crippen MR) is 127 cm³/mol. The standard InChI is InChI=1S/C26H21N3O2/c30-25-7-3-1-5-19(25)17-27-21-9-13-23(14-10-21)29-24-15-11-22(12-16-24)28-18-20-6-2-4-8-26(20)31/h1-18,29-31H. The lowest BCUT2D eigenvalue weighted by molar-refractivity contribution is 0.474. The van der Waals surface area contributed by atoms with Crippen molar-refractivity contribution in [3.8, 4) is 11.5 Å². The summed E-state index contributed by atoms with van der Waals surface area (Å²) in [5.74, 6) is 0.413. The van der Waals surface area contributed by atoms with Crippen LogP contribution in [0.25, 0.3) is 0 Å². The highest BCUT2D eigenvalue weighted by molar-refractivity contribution is 5.86. The predicted octanol–water partition coefficient (Wildman–Crippen LogP) is 6.34. The van der Waals surface area contributed by atoms with Gasteiger partial charge in [-0.05, 0) is 72.8 Å². The molecule has 0 atom stereocenters. The van der Waals surface area contributed by atoms with E-state index in [-0.39, 0.29) is 11.5 Å².